The summed E-state index contributed by atoms with van der Waals surface area (Å²) in [6.45, 7) is 1.47. The molecule has 31 heavy (non-hydrogen) atoms. The molecule has 2 amide bonds. The first-order chi connectivity index (χ1) is 15.0. The fourth-order valence-electron chi connectivity index (χ4n) is 5.32. The van der Waals surface area contributed by atoms with E-state index in [9.17, 15) is 19.5 Å². The molecule has 8 nitrogen and oxygen atoms in total. The molecule has 0 bridgehead atoms. The lowest BCUT2D eigenvalue weighted by molar-refractivity contribution is -0.128. The SMILES string of the molecule is O=CCCCn1c(CN2C(=O)C3(CN(C(=O)O)C3)c3ccccc32)nc2c1CCCC2. The van der Waals surface area contributed by atoms with Crippen molar-refractivity contribution in [1.29, 1.82) is 0 Å². The zero-order chi connectivity index (χ0) is 21.6. The number of rotatable bonds is 6. The van der Waals surface area contributed by atoms with Gasteiger partial charge in [0, 0.05) is 37.4 Å². The molecule has 0 saturated carbocycles. The molecule has 1 fully saturated rings. The molecule has 2 aliphatic heterocycles. The molecular formula is C23H26N4O4. The molecule has 162 valence electrons. The Kier molecular flexibility index (Phi) is 4.79. The van der Waals surface area contributed by atoms with E-state index in [-0.39, 0.29) is 19.0 Å². The Morgan fingerprint density at radius 1 is 1.19 bits per heavy atom. The fourth-order valence-corrected chi connectivity index (χ4v) is 5.32. The Morgan fingerprint density at radius 2 is 1.97 bits per heavy atom. The van der Waals surface area contributed by atoms with E-state index < -0.39 is 11.5 Å². The number of hydrogen-bond donors (Lipinski definition) is 1. The molecule has 1 aromatic carbocycles. The number of imidazole rings is 1. The summed E-state index contributed by atoms with van der Waals surface area (Å²) in [6.07, 6.45) is 5.39. The smallest absolute Gasteiger partial charge is 0.407 e. The van der Waals surface area contributed by atoms with Crippen molar-refractivity contribution in [3.63, 3.8) is 0 Å². The normalized spacial score (nSPS) is 18.6. The van der Waals surface area contributed by atoms with Gasteiger partial charge in [0.15, 0.2) is 0 Å². The number of nitrogens with zero attached hydrogens (tertiary/aromatic N) is 4. The molecule has 1 aromatic heterocycles. The van der Waals surface area contributed by atoms with Gasteiger partial charge in [-0.2, -0.15) is 0 Å². The largest absolute Gasteiger partial charge is 0.465 e. The topological polar surface area (TPSA) is 95.7 Å². The van der Waals surface area contributed by atoms with Gasteiger partial charge < -0.3 is 24.3 Å². The molecule has 8 heteroatoms. The van der Waals surface area contributed by atoms with Crippen LogP contribution in [0.5, 0.6) is 0 Å². The van der Waals surface area contributed by atoms with Crippen molar-refractivity contribution in [3.8, 4) is 0 Å². The molecule has 1 spiro atoms. The maximum absolute atomic E-state index is 13.6. The highest BCUT2D eigenvalue weighted by atomic mass is 16.4. The predicted molar refractivity (Wildman–Crippen MR) is 113 cm³/mol. The molecule has 0 radical (unpaired) electrons. The van der Waals surface area contributed by atoms with Gasteiger partial charge in [-0.1, -0.05) is 18.2 Å². The number of aromatic nitrogens is 2. The molecule has 3 aliphatic rings. The van der Waals surface area contributed by atoms with E-state index in [1.807, 2.05) is 24.3 Å². The minimum atomic E-state index is -0.993. The second kappa shape index (κ2) is 7.51. The van der Waals surface area contributed by atoms with Gasteiger partial charge in [0.2, 0.25) is 5.91 Å². The average molecular weight is 422 g/mol. The third kappa shape index (κ3) is 3.04. The maximum atomic E-state index is 13.6. The van der Waals surface area contributed by atoms with Crippen LogP contribution in [0.1, 0.15) is 48.5 Å². The van der Waals surface area contributed by atoms with Crippen molar-refractivity contribution >= 4 is 24.0 Å². The first-order valence-electron chi connectivity index (χ1n) is 11.0. The molecule has 2 aromatic rings. The Bertz CT molecular complexity index is 1050. The van der Waals surface area contributed by atoms with Crippen LogP contribution in [0.15, 0.2) is 24.3 Å². The lowest BCUT2D eigenvalue weighted by Crippen LogP contribution is -2.65. The summed E-state index contributed by atoms with van der Waals surface area (Å²) in [4.78, 5) is 43.7. The zero-order valence-corrected chi connectivity index (χ0v) is 17.4. The van der Waals surface area contributed by atoms with Crippen LogP contribution in [-0.4, -0.2) is 50.9 Å². The third-order valence-corrected chi connectivity index (χ3v) is 6.87. The van der Waals surface area contributed by atoms with E-state index in [2.05, 4.69) is 4.57 Å². The van der Waals surface area contributed by atoms with Gasteiger partial charge in [0.05, 0.1) is 12.2 Å². The van der Waals surface area contributed by atoms with Crippen molar-refractivity contribution in [2.45, 2.75) is 57.0 Å². The van der Waals surface area contributed by atoms with E-state index >= 15 is 0 Å². The molecule has 1 saturated heterocycles. The minimum absolute atomic E-state index is 0.0494. The number of benzene rings is 1. The van der Waals surface area contributed by atoms with Crippen molar-refractivity contribution in [2.24, 2.45) is 0 Å². The molecule has 3 heterocycles. The molecule has 0 unspecified atom stereocenters. The Balaban J connectivity index is 1.48. The third-order valence-electron chi connectivity index (χ3n) is 6.87. The summed E-state index contributed by atoms with van der Waals surface area (Å²) in [6, 6.07) is 7.69. The standard InChI is InChI=1S/C23H26N4O4/c28-12-6-5-11-26-19-10-4-2-8-17(19)24-20(26)13-27-18-9-3-1-7-16(18)23(21(27)29)14-25(15-23)22(30)31/h1,3,7,9,12H,2,4-6,8,10-11,13-15H2,(H,30,31). The van der Waals surface area contributed by atoms with E-state index in [0.717, 1.165) is 67.7 Å². The highest BCUT2D eigenvalue weighted by molar-refractivity contribution is 6.09. The Labute approximate surface area is 180 Å². The summed E-state index contributed by atoms with van der Waals surface area (Å²) >= 11 is 0. The van der Waals surface area contributed by atoms with Crippen LogP contribution in [0.4, 0.5) is 10.5 Å². The minimum Gasteiger partial charge on any atom is -0.465 e. The number of aldehydes is 1. The first kappa shape index (κ1) is 19.8. The van der Waals surface area contributed by atoms with Crippen molar-refractivity contribution < 1.29 is 19.5 Å². The Morgan fingerprint density at radius 3 is 2.74 bits per heavy atom. The van der Waals surface area contributed by atoms with Gasteiger partial charge in [0.25, 0.3) is 0 Å². The van der Waals surface area contributed by atoms with Gasteiger partial charge in [-0.25, -0.2) is 9.78 Å². The van der Waals surface area contributed by atoms with E-state index in [1.54, 1.807) is 4.90 Å². The van der Waals surface area contributed by atoms with Crippen LogP contribution >= 0.6 is 0 Å². The number of carbonyl (C=O) groups excluding carboxylic acids is 2. The van der Waals surface area contributed by atoms with Crippen LogP contribution < -0.4 is 4.90 Å². The van der Waals surface area contributed by atoms with Crippen LogP contribution in [-0.2, 0) is 40.9 Å². The zero-order valence-electron chi connectivity index (χ0n) is 17.4. The summed E-state index contributed by atoms with van der Waals surface area (Å²) in [5, 5.41) is 9.31. The monoisotopic (exact) mass is 422 g/mol. The van der Waals surface area contributed by atoms with Crippen molar-refractivity contribution in [1.82, 2.24) is 14.5 Å². The Hall–Kier alpha value is -3.16. The fraction of sp³-hybridized carbons (Fsp3) is 0.478. The van der Waals surface area contributed by atoms with Gasteiger partial charge in [0.1, 0.15) is 17.5 Å². The number of amides is 2. The quantitative estimate of drug-likeness (QED) is 0.570. The van der Waals surface area contributed by atoms with Crippen LogP contribution in [0, 0.1) is 0 Å². The highest BCUT2D eigenvalue weighted by Gasteiger charge is 2.59. The lowest BCUT2D eigenvalue weighted by atomic mass is 9.75. The summed E-state index contributed by atoms with van der Waals surface area (Å²) in [5.41, 5.74) is 3.31. The maximum Gasteiger partial charge on any atom is 0.407 e. The molecule has 1 aliphatic carbocycles. The van der Waals surface area contributed by atoms with Crippen molar-refractivity contribution in [2.75, 3.05) is 18.0 Å². The molecule has 5 rings (SSSR count). The number of likely N-dealkylation sites (tertiary alicyclic amines) is 1. The lowest BCUT2D eigenvalue weighted by Gasteiger charge is -2.45. The predicted octanol–water partition coefficient (Wildman–Crippen LogP) is 2.52. The number of carboxylic acid groups (broad SMARTS) is 1. The summed E-state index contributed by atoms with van der Waals surface area (Å²) < 4.78 is 2.21. The van der Waals surface area contributed by atoms with Gasteiger partial charge in [-0.3, -0.25) is 4.79 Å². The number of hydrogen-bond acceptors (Lipinski definition) is 4. The average Bonchev–Trinajstić information content (AvgIpc) is 3.20. The summed E-state index contributed by atoms with van der Waals surface area (Å²) in [7, 11) is 0. The second-order valence-corrected chi connectivity index (χ2v) is 8.72. The molecule has 0 atom stereocenters. The van der Waals surface area contributed by atoms with E-state index in [0.29, 0.717) is 13.0 Å². The number of para-hydroxylation sites is 1. The van der Waals surface area contributed by atoms with Crippen LogP contribution in [0.25, 0.3) is 0 Å². The van der Waals surface area contributed by atoms with Gasteiger partial charge in [-0.15, -0.1) is 0 Å². The number of aryl methyl sites for hydroxylation is 1. The number of carbonyl (C=O) groups is 3. The van der Waals surface area contributed by atoms with E-state index in [1.165, 1.54) is 10.6 Å². The van der Waals surface area contributed by atoms with Gasteiger partial charge >= 0.3 is 6.09 Å². The summed E-state index contributed by atoms with van der Waals surface area (Å²) in [5.74, 6) is 0.805. The van der Waals surface area contributed by atoms with E-state index in [4.69, 9.17) is 4.98 Å². The highest BCUT2D eigenvalue weighted by Crippen LogP contribution is 2.47. The van der Waals surface area contributed by atoms with Crippen LogP contribution in [0.3, 0.4) is 0 Å². The van der Waals surface area contributed by atoms with Gasteiger partial charge in [-0.05, 0) is 43.7 Å². The second-order valence-electron chi connectivity index (χ2n) is 8.72. The van der Waals surface area contributed by atoms with Crippen molar-refractivity contribution in [3.05, 3.63) is 47.0 Å². The molecular weight excluding hydrogens is 396 g/mol. The number of anilines is 1. The van der Waals surface area contributed by atoms with Crippen LogP contribution in [0.2, 0.25) is 0 Å². The molecule has 1 N–H and O–H groups in total. The number of unbranched alkanes of at least 4 members (excludes halogenated alkanes) is 1. The number of fused-ring (bicyclic) bond motifs is 3. The first-order valence-corrected chi connectivity index (χ1v) is 11.0.